The highest BCUT2D eigenvalue weighted by Crippen LogP contribution is 2.38. The van der Waals surface area contributed by atoms with Crippen molar-refractivity contribution in [1.29, 1.82) is 5.26 Å². The highest BCUT2D eigenvalue weighted by atomic mass is 16.2. The Bertz CT molecular complexity index is 677. The molecule has 0 spiro atoms. The van der Waals surface area contributed by atoms with Gasteiger partial charge in [0.25, 0.3) is 5.91 Å². The second-order valence-electron chi connectivity index (χ2n) is 6.71. The quantitative estimate of drug-likeness (QED) is 0.929. The molecule has 2 fully saturated rings. The topological polar surface area (TPSA) is 73.2 Å². The van der Waals surface area contributed by atoms with Crippen LogP contribution in [0.1, 0.15) is 49.0 Å². The number of nitrogens with one attached hydrogen (secondary N) is 1. The highest BCUT2D eigenvalue weighted by Gasteiger charge is 2.49. The van der Waals surface area contributed by atoms with Crippen molar-refractivity contribution >= 4 is 11.8 Å². The minimum absolute atomic E-state index is 0.0316. The smallest absolute Gasteiger partial charge is 0.254 e. The maximum absolute atomic E-state index is 12.8. The standard InChI is InChI=1S/C18H21N3O2/c1-11(2)17(22)20-15-9-14-6-7-16(15)21(14)18(23)13-5-3-4-12(8-13)10-19/h3-5,8,11,14-16H,6-7,9H2,1-2H3,(H,20,22)/t14?,15-,16?/m1/s1. The first kappa shape index (κ1) is 15.5. The Labute approximate surface area is 136 Å². The molecule has 2 bridgehead atoms. The second kappa shape index (κ2) is 6.04. The molecule has 3 rings (SSSR count). The number of hydrogen-bond acceptors (Lipinski definition) is 3. The molecule has 0 saturated carbocycles. The van der Waals surface area contributed by atoms with Crippen molar-refractivity contribution in [3.8, 4) is 6.07 Å². The lowest BCUT2D eigenvalue weighted by molar-refractivity contribution is -0.124. The summed E-state index contributed by atoms with van der Waals surface area (Å²) in [6.45, 7) is 3.75. The van der Waals surface area contributed by atoms with E-state index in [2.05, 4.69) is 11.4 Å². The summed E-state index contributed by atoms with van der Waals surface area (Å²) in [5.41, 5.74) is 1.05. The van der Waals surface area contributed by atoms with E-state index < -0.39 is 0 Å². The average Bonchev–Trinajstić information content (AvgIpc) is 3.11. The molecule has 23 heavy (non-hydrogen) atoms. The van der Waals surface area contributed by atoms with Gasteiger partial charge in [-0.1, -0.05) is 19.9 Å². The van der Waals surface area contributed by atoms with Gasteiger partial charge in [0, 0.05) is 17.5 Å². The van der Waals surface area contributed by atoms with Gasteiger partial charge < -0.3 is 10.2 Å². The van der Waals surface area contributed by atoms with Crippen LogP contribution in [0.5, 0.6) is 0 Å². The van der Waals surface area contributed by atoms with Crippen molar-refractivity contribution in [2.24, 2.45) is 5.92 Å². The van der Waals surface area contributed by atoms with Crippen molar-refractivity contribution in [3.05, 3.63) is 35.4 Å². The molecule has 0 aliphatic carbocycles. The molecule has 1 N–H and O–H groups in total. The third-order valence-corrected chi connectivity index (χ3v) is 4.86. The monoisotopic (exact) mass is 311 g/mol. The van der Waals surface area contributed by atoms with Gasteiger partial charge in [0.1, 0.15) is 0 Å². The van der Waals surface area contributed by atoms with Gasteiger partial charge in [0.05, 0.1) is 23.7 Å². The van der Waals surface area contributed by atoms with Gasteiger partial charge in [0.15, 0.2) is 0 Å². The van der Waals surface area contributed by atoms with E-state index in [-0.39, 0.29) is 35.9 Å². The van der Waals surface area contributed by atoms with Gasteiger partial charge in [-0.25, -0.2) is 0 Å². The molecule has 2 aliphatic heterocycles. The largest absolute Gasteiger partial charge is 0.351 e. The van der Waals surface area contributed by atoms with Crippen LogP contribution in [-0.2, 0) is 4.79 Å². The fraction of sp³-hybridized carbons (Fsp3) is 0.500. The number of carbonyl (C=O) groups is 2. The molecule has 1 aromatic rings. The minimum Gasteiger partial charge on any atom is -0.351 e. The SMILES string of the molecule is CC(C)C(=O)N[C@@H]1CC2CCC1N2C(=O)c1cccc(C#N)c1. The summed E-state index contributed by atoms with van der Waals surface area (Å²) in [7, 11) is 0. The van der Waals surface area contributed by atoms with Crippen molar-refractivity contribution < 1.29 is 9.59 Å². The Kier molecular flexibility index (Phi) is 4.08. The Morgan fingerprint density at radius 3 is 2.83 bits per heavy atom. The molecule has 1 aromatic carbocycles. The lowest BCUT2D eigenvalue weighted by Gasteiger charge is -2.25. The van der Waals surface area contributed by atoms with Crippen molar-refractivity contribution in [2.45, 2.75) is 51.2 Å². The van der Waals surface area contributed by atoms with Crippen LogP contribution in [0.3, 0.4) is 0 Å². The van der Waals surface area contributed by atoms with Gasteiger partial charge in [0.2, 0.25) is 5.91 Å². The maximum Gasteiger partial charge on any atom is 0.254 e. The van der Waals surface area contributed by atoms with Crippen LogP contribution in [0.15, 0.2) is 24.3 Å². The first-order valence-corrected chi connectivity index (χ1v) is 8.14. The molecular formula is C18H21N3O2. The van der Waals surface area contributed by atoms with E-state index in [4.69, 9.17) is 5.26 Å². The number of fused-ring (bicyclic) bond motifs is 2. The maximum atomic E-state index is 12.8. The molecule has 2 amide bonds. The summed E-state index contributed by atoms with van der Waals surface area (Å²) < 4.78 is 0. The van der Waals surface area contributed by atoms with Gasteiger partial charge in [-0.3, -0.25) is 9.59 Å². The van der Waals surface area contributed by atoms with Gasteiger partial charge in [-0.05, 0) is 37.5 Å². The molecule has 2 heterocycles. The van der Waals surface area contributed by atoms with E-state index in [1.54, 1.807) is 24.3 Å². The molecule has 120 valence electrons. The molecule has 2 saturated heterocycles. The number of carbonyl (C=O) groups excluding carboxylic acids is 2. The molecule has 0 aromatic heterocycles. The van der Waals surface area contributed by atoms with Gasteiger partial charge >= 0.3 is 0 Å². The van der Waals surface area contributed by atoms with E-state index >= 15 is 0 Å². The van der Waals surface area contributed by atoms with E-state index in [1.807, 2.05) is 18.7 Å². The first-order valence-electron chi connectivity index (χ1n) is 8.14. The zero-order chi connectivity index (χ0) is 16.6. The number of benzene rings is 1. The van der Waals surface area contributed by atoms with Crippen LogP contribution >= 0.6 is 0 Å². The lowest BCUT2D eigenvalue weighted by atomic mass is 9.95. The number of nitriles is 1. The zero-order valence-corrected chi connectivity index (χ0v) is 13.5. The molecule has 3 atom stereocenters. The fourth-order valence-electron chi connectivity index (χ4n) is 3.68. The summed E-state index contributed by atoms with van der Waals surface area (Å²) in [6.07, 6.45) is 2.74. The summed E-state index contributed by atoms with van der Waals surface area (Å²) in [5.74, 6) is -0.0390. The van der Waals surface area contributed by atoms with Crippen LogP contribution in [0.2, 0.25) is 0 Å². The van der Waals surface area contributed by atoms with E-state index in [0.717, 1.165) is 19.3 Å². The lowest BCUT2D eigenvalue weighted by Crippen LogP contribution is -2.46. The first-order chi connectivity index (χ1) is 11.0. The summed E-state index contributed by atoms with van der Waals surface area (Å²) in [4.78, 5) is 26.7. The molecule has 2 aliphatic rings. The van der Waals surface area contributed by atoms with Crippen LogP contribution in [0.4, 0.5) is 0 Å². The minimum atomic E-state index is -0.0504. The molecule has 0 radical (unpaired) electrons. The number of nitrogens with zero attached hydrogens (tertiary/aromatic N) is 2. The summed E-state index contributed by atoms with van der Waals surface area (Å²) in [5, 5.41) is 12.1. The van der Waals surface area contributed by atoms with Crippen molar-refractivity contribution in [3.63, 3.8) is 0 Å². The van der Waals surface area contributed by atoms with Crippen LogP contribution in [0.25, 0.3) is 0 Å². The van der Waals surface area contributed by atoms with Crippen LogP contribution in [0, 0.1) is 17.2 Å². The molecule has 5 heteroatoms. The Morgan fingerprint density at radius 2 is 2.13 bits per heavy atom. The van der Waals surface area contributed by atoms with E-state index in [1.165, 1.54) is 0 Å². The van der Waals surface area contributed by atoms with Crippen LogP contribution in [-0.4, -0.2) is 34.8 Å². The van der Waals surface area contributed by atoms with Gasteiger partial charge in [-0.2, -0.15) is 5.26 Å². The Hall–Kier alpha value is -2.35. The Balaban J connectivity index is 1.77. The zero-order valence-electron chi connectivity index (χ0n) is 13.5. The molecule has 5 nitrogen and oxygen atoms in total. The fourth-order valence-corrected chi connectivity index (χ4v) is 3.68. The summed E-state index contributed by atoms with van der Waals surface area (Å²) >= 11 is 0. The number of hydrogen-bond donors (Lipinski definition) is 1. The van der Waals surface area contributed by atoms with E-state index in [0.29, 0.717) is 11.1 Å². The van der Waals surface area contributed by atoms with Gasteiger partial charge in [-0.15, -0.1) is 0 Å². The third-order valence-electron chi connectivity index (χ3n) is 4.86. The normalized spacial score (nSPS) is 25.5. The predicted octanol–water partition coefficient (Wildman–Crippen LogP) is 2.08. The third kappa shape index (κ3) is 2.81. The molecular weight excluding hydrogens is 290 g/mol. The molecule has 2 unspecified atom stereocenters. The Morgan fingerprint density at radius 1 is 1.35 bits per heavy atom. The second-order valence-corrected chi connectivity index (χ2v) is 6.71. The van der Waals surface area contributed by atoms with Crippen molar-refractivity contribution in [2.75, 3.05) is 0 Å². The van der Waals surface area contributed by atoms with Crippen molar-refractivity contribution in [1.82, 2.24) is 10.2 Å². The summed E-state index contributed by atoms with van der Waals surface area (Å²) in [6, 6.07) is 9.21. The number of rotatable bonds is 3. The predicted molar refractivity (Wildman–Crippen MR) is 85.5 cm³/mol. The van der Waals surface area contributed by atoms with Crippen LogP contribution < -0.4 is 5.32 Å². The number of amides is 2. The average molecular weight is 311 g/mol. The highest BCUT2D eigenvalue weighted by molar-refractivity contribution is 5.95. The van der Waals surface area contributed by atoms with E-state index in [9.17, 15) is 9.59 Å².